The lowest BCUT2D eigenvalue weighted by Gasteiger charge is -2.39. The number of ether oxygens (including phenoxy) is 2. The minimum absolute atomic E-state index is 0.0273. The molecule has 0 saturated carbocycles. The highest BCUT2D eigenvalue weighted by atomic mass is 35.5. The Labute approximate surface area is 340 Å². The van der Waals surface area contributed by atoms with E-state index in [0.717, 1.165) is 29.2 Å². The van der Waals surface area contributed by atoms with Gasteiger partial charge in [-0.3, -0.25) is 24.0 Å². The molecule has 0 radical (unpaired) electrons. The number of aliphatic hydroxyl groups excluding tert-OH is 1. The summed E-state index contributed by atoms with van der Waals surface area (Å²) < 4.78 is 54.2. The second-order valence-corrected chi connectivity index (χ2v) is 15.5. The molecule has 4 aliphatic heterocycles. The van der Waals surface area contributed by atoms with E-state index in [2.05, 4.69) is 21.3 Å². The van der Waals surface area contributed by atoms with Gasteiger partial charge in [0.05, 0.1) is 25.0 Å². The van der Waals surface area contributed by atoms with Gasteiger partial charge >= 0.3 is 12.0 Å². The lowest BCUT2D eigenvalue weighted by Crippen LogP contribution is -2.63. The average molecular weight is 850 g/mol. The minimum atomic E-state index is -1.81. The quantitative estimate of drug-likeness (QED) is 0.253. The Kier molecular flexibility index (Phi) is 13.3. The largest absolute Gasteiger partial charge is 0.461 e. The molecular weight excluding hydrogens is 807 g/mol. The monoisotopic (exact) mass is 849 g/mol. The zero-order valence-corrected chi connectivity index (χ0v) is 32.7. The van der Waals surface area contributed by atoms with Crippen LogP contribution < -0.4 is 21.3 Å². The lowest BCUT2D eigenvalue weighted by molar-refractivity contribution is -0.160. The van der Waals surface area contributed by atoms with Crippen LogP contribution in [-0.4, -0.2) is 143 Å². The lowest BCUT2D eigenvalue weighted by atomic mass is 10.0. The Hall–Kier alpha value is -5.47. The fraction of sp³-hybridized carbons (Fsp3) is 0.500. The maximum atomic E-state index is 14.6. The molecule has 2 aromatic rings. The van der Waals surface area contributed by atoms with Crippen LogP contribution in [0, 0.1) is 23.4 Å². The van der Waals surface area contributed by atoms with Gasteiger partial charge < -0.3 is 50.5 Å². The first-order chi connectivity index (χ1) is 28.0. The number of morpholine rings is 1. The van der Waals surface area contributed by atoms with E-state index in [1.807, 2.05) is 0 Å². The van der Waals surface area contributed by atoms with Gasteiger partial charge in [0.1, 0.15) is 60.3 Å². The fourth-order valence-corrected chi connectivity index (χ4v) is 7.85. The van der Waals surface area contributed by atoms with E-state index in [0.29, 0.717) is 6.07 Å². The van der Waals surface area contributed by atoms with E-state index in [-0.39, 0.29) is 61.3 Å². The summed E-state index contributed by atoms with van der Waals surface area (Å²) in [6.07, 6.45) is -1.91. The first kappa shape index (κ1) is 43.1. The number of nitrogens with one attached hydrogen (secondary N) is 4. The van der Waals surface area contributed by atoms with E-state index >= 15 is 0 Å². The molecule has 0 spiro atoms. The number of anilines is 1. The zero-order valence-electron chi connectivity index (χ0n) is 31.9. The number of fused-ring (bicyclic) bond motifs is 3. The van der Waals surface area contributed by atoms with Gasteiger partial charge in [-0.2, -0.15) is 0 Å². The standard InChI is InChI=1S/C38H43ClF3N7O10/c1-18-7-30-37(56)59-16-28(44-32(51)27(10-20-8-22(40)12-23(41)9-20)46-38(57)45-26-4-3-21(39)11-25(26)42)35(54)49-15-24(50)13-29(49)36(55)47-5-6-58-17-31(47)33(52)43-19(2)34(53)48(30)14-18/h3-4,8-9,11-12,18-19,24,27-31,50H,5-7,10,13-17H2,1-2H3,(H,43,52)(H,44,51)(H2,45,46,57)/t18-,19+,24-,27+,28+,29+,30+,31+/m1/s1. The van der Waals surface area contributed by atoms with Crippen molar-refractivity contribution in [2.45, 2.75) is 75.5 Å². The first-order valence-electron chi connectivity index (χ1n) is 18.9. The molecule has 4 aliphatic rings. The normalized spacial score (nSPS) is 27.3. The zero-order chi connectivity index (χ0) is 42.7. The molecule has 318 valence electrons. The highest BCUT2D eigenvalue weighted by molar-refractivity contribution is 6.30. The number of urea groups is 1. The van der Waals surface area contributed by atoms with E-state index < -0.39 is 121 Å². The van der Waals surface area contributed by atoms with Crippen LogP contribution in [-0.2, 0) is 44.7 Å². The smallest absolute Gasteiger partial charge is 0.328 e. The van der Waals surface area contributed by atoms with Crippen molar-refractivity contribution in [3.8, 4) is 0 Å². The van der Waals surface area contributed by atoms with Crippen molar-refractivity contribution < 1.29 is 61.3 Å². The fourth-order valence-electron chi connectivity index (χ4n) is 7.69. The molecule has 0 bridgehead atoms. The summed E-state index contributed by atoms with van der Waals surface area (Å²) in [6.45, 7) is 1.80. The van der Waals surface area contributed by atoms with Crippen molar-refractivity contribution in [2.75, 3.05) is 44.8 Å². The van der Waals surface area contributed by atoms with Gasteiger partial charge in [0, 0.05) is 43.6 Å². The highest BCUT2D eigenvalue weighted by Gasteiger charge is 2.48. The Morgan fingerprint density at radius 3 is 2.32 bits per heavy atom. The summed E-state index contributed by atoms with van der Waals surface area (Å²) in [4.78, 5) is 100. The van der Waals surface area contributed by atoms with E-state index in [1.165, 1.54) is 22.8 Å². The summed E-state index contributed by atoms with van der Waals surface area (Å²) in [5, 5.41) is 20.3. The number of aliphatic hydroxyl groups is 1. The molecule has 6 rings (SSSR count). The predicted molar refractivity (Wildman–Crippen MR) is 200 cm³/mol. The number of rotatable bonds is 6. The average Bonchev–Trinajstić information content (AvgIpc) is 3.77. The molecule has 7 amide bonds. The second kappa shape index (κ2) is 18.2. The third-order valence-corrected chi connectivity index (χ3v) is 10.8. The summed E-state index contributed by atoms with van der Waals surface area (Å²) in [6, 6.07) is -3.83. The molecule has 21 heteroatoms. The van der Waals surface area contributed by atoms with Crippen LogP contribution in [0.15, 0.2) is 36.4 Å². The molecule has 0 aliphatic carbocycles. The summed E-state index contributed by atoms with van der Waals surface area (Å²) in [5.74, 6) is -8.28. The summed E-state index contributed by atoms with van der Waals surface area (Å²) in [7, 11) is 0. The number of hydrogen-bond donors (Lipinski definition) is 5. The van der Waals surface area contributed by atoms with Crippen molar-refractivity contribution >= 4 is 58.8 Å². The molecule has 4 saturated heterocycles. The van der Waals surface area contributed by atoms with Crippen LogP contribution in [0.25, 0.3) is 0 Å². The predicted octanol–water partition coefficient (Wildman–Crippen LogP) is 0.463. The van der Waals surface area contributed by atoms with Gasteiger partial charge in [-0.1, -0.05) is 18.5 Å². The van der Waals surface area contributed by atoms with Gasteiger partial charge in [-0.05, 0) is 55.2 Å². The molecule has 4 fully saturated rings. The van der Waals surface area contributed by atoms with Crippen molar-refractivity contribution in [1.29, 1.82) is 0 Å². The van der Waals surface area contributed by atoms with Gasteiger partial charge in [0.25, 0.3) is 0 Å². The second-order valence-electron chi connectivity index (χ2n) is 15.0. The molecule has 59 heavy (non-hydrogen) atoms. The van der Waals surface area contributed by atoms with Gasteiger partial charge in [-0.15, -0.1) is 0 Å². The Morgan fingerprint density at radius 1 is 0.898 bits per heavy atom. The third kappa shape index (κ3) is 10.0. The van der Waals surface area contributed by atoms with Gasteiger partial charge in [0.15, 0.2) is 0 Å². The topological polar surface area (TPSA) is 216 Å². The number of halogens is 4. The summed E-state index contributed by atoms with van der Waals surface area (Å²) >= 11 is 5.81. The molecule has 0 aromatic heterocycles. The Morgan fingerprint density at radius 2 is 1.61 bits per heavy atom. The number of nitrogens with zero attached hydrogens (tertiary/aromatic N) is 3. The van der Waals surface area contributed by atoms with E-state index in [9.17, 15) is 51.8 Å². The first-order valence-corrected chi connectivity index (χ1v) is 19.3. The number of amides is 7. The number of esters is 1. The molecule has 4 heterocycles. The SMILES string of the molecule is C[C@@H]1C[C@H]2C(=O)OC[C@H](NC(=O)[C@H](Cc3cc(F)cc(F)c3)NC(=O)Nc3ccc(Cl)cc3F)C(=O)N3C[C@H](O)C[C@H]3C(=O)N3CCOC[C@H]3C(=O)N[C@@H](C)C(=O)N2C1. The van der Waals surface area contributed by atoms with Crippen molar-refractivity contribution in [3.05, 3.63) is 64.4 Å². The minimum Gasteiger partial charge on any atom is -0.461 e. The third-order valence-electron chi connectivity index (χ3n) is 10.5. The Bertz CT molecular complexity index is 1990. The van der Waals surface area contributed by atoms with Crippen LogP contribution in [0.2, 0.25) is 5.02 Å². The molecule has 8 atom stereocenters. The molecule has 5 N–H and O–H groups in total. The van der Waals surface area contributed by atoms with Crippen LogP contribution in [0.4, 0.5) is 23.7 Å². The summed E-state index contributed by atoms with van der Waals surface area (Å²) in [5.41, 5.74) is -0.447. The maximum absolute atomic E-state index is 14.6. The van der Waals surface area contributed by atoms with Crippen LogP contribution >= 0.6 is 11.6 Å². The van der Waals surface area contributed by atoms with Crippen LogP contribution in [0.1, 0.15) is 32.3 Å². The number of carbonyl (C=O) groups excluding carboxylic acids is 7. The van der Waals surface area contributed by atoms with Crippen LogP contribution in [0.3, 0.4) is 0 Å². The van der Waals surface area contributed by atoms with Gasteiger partial charge in [-0.25, -0.2) is 22.8 Å². The molecule has 0 unspecified atom stereocenters. The van der Waals surface area contributed by atoms with E-state index in [1.54, 1.807) is 6.92 Å². The number of benzene rings is 2. The molecular formula is C38H43ClF3N7O10. The van der Waals surface area contributed by atoms with Crippen molar-refractivity contribution in [3.63, 3.8) is 0 Å². The molecule has 17 nitrogen and oxygen atoms in total. The number of cyclic esters (lactones) is 1. The Balaban J connectivity index is 1.33. The van der Waals surface area contributed by atoms with Crippen molar-refractivity contribution in [1.82, 2.24) is 30.7 Å². The van der Waals surface area contributed by atoms with E-state index in [4.69, 9.17) is 21.1 Å². The molecule has 2 aromatic carbocycles. The van der Waals surface area contributed by atoms with Gasteiger partial charge in [0.2, 0.25) is 29.5 Å². The number of hydrogen-bond acceptors (Lipinski definition) is 10. The van der Waals surface area contributed by atoms with Crippen molar-refractivity contribution in [2.24, 2.45) is 5.92 Å². The van der Waals surface area contributed by atoms with Crippen LogP contribution in [0.5, 0.6) is 0 Å². The maximum Gasteiger partial charge on any atom is 0.328 e. The number of carbonyl (C=O) groups is 7. The highest BCUT2D eigenvalue weighted by Crippen LogP contribution is 2.27.